The summed E-state index contributed by atoms with van der Waals surface area (Å²) in [6.07, 6.45) is 4.00. The van der Waals surface area contributed by atoms with Gasteiger partial charge in [0.05, 0.1) is 17.2 Å². The average Bonchev–Trinajstić information content (AvgIpc) is 2.73. The van der Waals surface area contributed by atoms with Crippen LogP contribution in [-0.2, 0) is 16.3 Å². The van der Waals surface area contributed by atoms with Crippen LogP contribution in [0.3, 0.4) is 0 Å². The van der Waals surface area contributed by atoms with Gasteiger partial charge in [0.15, 0.2) is 15.7 Å². The summed E-state index contributed by atoms with van der Waals surface area (Å²) in [6, 6.07) is 0. The molecule has 0 amide bonds. The second-order valence-corrected chi connectivity index (χ2v) is 6.71. The summed E-state index contributed by atoms with van der Waals surface area (Å²) in [4.78, 5) is 4.37. The molecule has 1 aliphatic heterocycles. The second-order valence-electron chi connectivity index (χ2n) is 4.48. The molecule has 0 spiro atoms. The van der Waals surface area contributed by atoms with Crippen LogP contribution in [-0.4, -0.2) is 38.5 Å². The van der Waals surface area contributed by atoms with E-state index in [-0.39, 0.29) is 11.7 Å². The zero-order chi connectivity index (χ0) is 12.3. The van der Waals surface area contributed by atoms with E-state index in [1.54, 1.807) is 6.26 Å². The lowest BCUT2D eigenvalue weighted by molar-refractivity contribution is 0.434. The fraction of sp³-hybridized carbons (Fsp3) is 0.727. The normalized spacial score (nSPS) is 23.7. The minimum atomic E-state index is -2.90. The molecule has 6 heteroatoms. The van der Waals surface area contributed by atoms with Gasteiger partial charge in [-0.3, -0.25) is 0 Å². The van der Waals surface area contributed by atoms with E-state index in [0.717, 1.165) is 25.1 Å². The monoisotopic (exact) mass is 258 g/mol. The van der Waals surface area contributed by atoms with E-state index in [9.17, 15) is 8.42 Å². The molecule has 0 aromatic carbocycles. The van der Waals surface area contributed by atoms with Crippen molar-refractivity contribution in [3.05, 3.63) is 17.8 Å². The Kier molecular flexibility index (Phi) is 3.83. The first kappa shape index (κ1) is 12.6. The first-order valence-electron chi connectivity index (χ1n) is 5.90. The van der Waals surface area contributed by atoms with Crippen LogP contribution in [0.4, 0.5) is 0 Å². The quantitative estimate of drug-likeness (QED) is 0.862. The van der Waals surface area contributed by atoms with Gasteiger partial charge in [0, 0.05) is 18.9 Å². The standard InChI is InChI=1S/C11H18N2O3S/c1-12-5-4-10-7-16-11(13-10)9-3-2-6-17(14,15)8-9/h7,9,12H,2-6,8H2,1H3. The molecule has 2 heterocycles. The van der Waals surface area contributed by atoms with Crippen molar-refractivity contribution in [2.75, 3.05) is 25.1 Å². The maximum absolute atomic E-state index is 11.5. The van der Waals surface area contributed by atoms with Crippen molar-refractivity contribution in [2.45, 2.75) is 25.2 Å². The molecule has 1 unspecified atom stereocenters. The molecule has 17 heavy (non-hydrogen) atoms. The van der Waals surface area contributed by atoms with Gasteiger partial charge in [-0.15, -0.1) is 0 Å². The van der Waals surface area contributed by atoms with Gasteiger partial charge >= 0.3 is 0 Å². The second kappa shape index (κ2) is 5.18. The number of nitrogens with one attached hydrogen (secondary N) is 1. The molecule has 96 valence electrons. The Labute approximate surface area is 102 Å². The van der Waals surface area contributed by atoms with Crippen LogP contribution in [0.15, 0.2) is 10.7 Å². The van der Waals surface area contributed by atoms with E-state index in [0.29, 0.717) is 18.1 Å². The highest BCUT2D eigenvalue weighted by molar-refractivity contribution is 7.91. The van der Waals surface area contributed by atoms with Crippen molar-refractivity contribution in [1.82, 2.24) is 10.3 Å². The number of likely N-dealkylation sites (N-methyl/N-ethyl adjacent to an activating group) is 1. The van der Waals surface area contributed by atoms with Crippen molar-refractivity contribution in [3.8, 4) is 0 Å². The van der Waals surface area contributed by atoms with E-state index in [2.05, 4.69) is 10.3 Å². The molecule has 0 saturated carbocycles. The highest BCUT2D eigenvalue weighted by Gasteiger charge is 2.29. The Balaban J connectivity index is 2.04. The van der Waals surface area contributed by atoms with E-state index >= 15 is 0 Å². The topological polar surface area (TPSA) is 72.2 Å². The highest BCUT2D eigenvalue weighted by atomic mass is 32.2. The lowest BCUT2D eigenvalue weighted by atomic mass is 10.1. The fourth-order valence-corrected chi connectivity index (χ4v) is 3.79. The fourth-order valence-electron chi connectivity index (χ4n) is 2.10. The molecule has 0 bridgehead atoms. The van der Waals surface area contributed by atoms with Crippen LogP contribution in [0.2, 0.25) is 0 Å². The minimum absolute atomic E-state index is 0.0583. The van der Waals surface area contributed by atoms with Crippen LogP contribution in [0, 0.1) is 0 Å². The van der Waals surface area contributed by atoms with Gasteiger partial charge < -0.3 is 9.73 Å². The minimum Gasteiger partial charge on any atom is -0.448 e. The average molecular weight is 258 g/mol. The summed E-state index contributed by atoms with van der Waals surface area (Å²) in [7, 11) is -1.02. The Bertz CT molecular complexity index is 467. The summed E-state index contributed by atoms with van der Waals surface area (Å²) < 4.78 is 28.5. The van der Waals surface area contributed by atoms with Gasteiger partial charge in [0.2, 0.25) is 0 Å². The molecule has 5 nitrogen and oxygen atoms in total. The molecule has 1 saturated heterocycles. The smallest absolute Gasteiger partial charge is 0.198 e. The lowest BCUT2D eigenvalue weighted by Gasteiger charge is -2.18. The molecule has 0 aliphatic carbocycles. The third-order valence-electron chi connectivity index (χ3n) is 3.01. The Morgan fingerprint density at radius 3 is 3.12 bits per heavy atom. The SMILES string of the molecule is CNCCc1coc(C2CCCS(=O)(=O)C2)n1. The molecule has 1 atom stereocenters. The van der Waals surface area contributed by atoms with Gasteiger partial charge in [0.1, 0.15) is 6.26 Å². The van der Waals surface area contributed by atoms with Crippen LogP contribution in [0.5, 0.6) is 0 Å². The summed E-state index contributed by atoms with van der Waals surface area (Å²) in [5.74, 6) is 1.01. The molecule has 1 aromatic heterocycles. The number of aromatic nitrogens is 1. The molecule has 2 rings (SSSR count). The first-order chi connectivity index (χ1) is 8.11. The maximum Gasteiger partial charge on any atom is 0.198 e. The molecular formula is C11H18N2O3S. The molecule has 1 aliphatic rings. The zero-order valence-corrected chi connectivity index (χ0v) is 10.8. The molecule has 0 radical (unpaired) electrons. The number of nitrogens with zero attached hydrogens (tertiary/aromatic N) is 1. The summed E-state index contributed by atoms with van der Waals surface area (Å²) in [6.45, 7) is 0.842. The third-order valence-corrected chi connectivity index (χ3v) is 4.83. The van der Waals surface area contributed by atoms with Crippen LogP contribution < -0.4 is 5.32 Å². The van der Waals surface area contributed by atoms with E-state index in [4.69, 9.17) is 4.42 Å². The largest absolute Gasteiger partial charge is 0.448 e. The Hall–Kier alpha value is -0.880. The van der Waals surface area contributed by atoms with Crippen molar-refractivity contribution >= 4 is 9.84 Å². The summed E-state index contributed by atoms with van der Waals surface area (Å²) >= 11 is 0. The molecule has 1 aromatic rings. The van der Waals surface area contributed by atoms with Crippen molar-refractivity contribution < 1.29 is 12.8 Å². The highest BCUT2D eigenvalue weighted by Crippen LogP contribution is 2.27. The van der Waals surface area contributed by atoms with E-state index in [1.165, 1.54) is 0 Å². The Morgan fingerprint density at radius 2 is 2.41 bits per heavy atom. The van der Waals surface area contributed by atoms with E-state index in [1.807, 2.05) is 7.05 Å². The number of sulfone groups is 1. The van der Waals surface area contributed by atoms with Gasteiger partial charge in [-0.1, -0.05) is 0 Å². The lowest BCUT2D eigenvalue weighted by Crippen LogP contribution is -2.23. The molecule has 1 N–H and O–H groups in total. The van der Waals surface area contributed by atoms with Crippen molar-refractivity contribution in [2.24, 2.45) is 0 Å². The van der Waals surface area contributed by atoms with E-state index < -0.39 is 9.84 Å². The maximum atomic E-state index is 11.5. The van der Waals surface area contributed by atoms with Crippen molar-refractivity contribution in [3.63, 3.8) is 0 Å². The predicted molar refractivity (Wildman–Crippen MR) is 64.8 cm³/mol. The molecular weight excluding hydrogens is 240 g/mol. The number of rotatable bonds is 4. The summed E-state index contributed by atoms with van der Waals surface area (Å²) in [5, 5.41) is 3.04. The van der Waals surface area contributed by atoms with Gasteiger partial charge in [-0.2, -0.15) is 0 Å². The van der Waals surface area contributed by atoms with Crippen molar-refractivity contribution in [1.29, 1.82) is 0 Å². The number of oxazole rings is 1. The first-order valence-corrected chi connectivity index (χ1v) is 7.72. The van der Waals surface area contributed by atoms with Gasteiger partial charge in [-0.25, -0.2) is 13.4 Å². The van der Waals surface area contributed by atoms with Crippen LogP contribution in [0.1, 0.15) is 30.3 Å². The number of hydrogen-bond acceptors (Lipinski definition) is 5. The number of hydrogen-bond donors (Lipinski definition) is 1. The Morgan fingerprint density at radius 1 is 1.59 bits per heavy atom. The third kappa shape index (κ3) is 3.29. The molecule has 1 fully saturated rings. The van der Waals surface area contributed by atoms with Crippen LogP contribution in [0.25, 0.3) is 0 Å². The predicted octanol–water partition coefficient (Wildman–Crippen LogP) is 0.729. The van der Waals surface area contributed by atoms with Gasteiger partial charge in [-0.05, 0) is 19.9 Å². The van der Waals surface area contributed by atoms with Gasteiger partial charge in [0.25, 0.3) is 0 Å². The zero-order valence-electron chi connectivity index (χ0n) is 9.98. The summed E-state index contributed by atoms with van der Waals surface area (Å²) in [5.41, 5.74) is 0.886. The van der Waals surface area contributed by atoms with Crippen LogP contribution >= 0.6 is 0 Å².